The summed E-state index contributed by atoms with van der Waals surface area (Å²) in [6.07, 6.45) is 0. The molecule has 2 aromatic rings. The lowest BCUT2D eigenvalue weighted by Gasteiger charge is -2.26. The molecule has 27 heavy (non-hydrogen) atoms. The fourth-order valence-corrected chi connectivity index (χ4v) is 4.30. The highest BCUT2D eigenvalue weighted by molar-refractivity contribution is 7.88. The number of amides is 1. The molecule has 1 aliphatic rings. The summed E-state index contributed by atoms with van der Waals surface area (Å²) in [5.74, 6) is -0.841. The lowest BCUT2D eigenvalue weighted by Crippen LogP contribution is -2.41. The summed E-state index contributed by atoms with van der Waals surface area (Å²) in [7, 11) is -3.41. The molecule has 0 aliphatic carbocycles. The highest BCUT2D eigenvalue weighted by atomic mass is 32.2. The van der Waals surface area contributed by atoms with Gasteiger partial charge in [-0.25, -0.2) is 12.8 Å². The molecule has 6 nitrogen and oxygen atoms in total. The molecule has 0 spiro atoms. The van der Waals surface area contributed by atoms with Crippen LogP contribution in [-0.4, -0.2) is 44.9 Å². The van der Waals surface area contributed by atoms with E-state index >= 15 is 0 Å². The normalized spacial score (nSPS) is 15.4. The van der Waals surface area contributed by atoms with Crippen molar-refractivity contribution in [1.82, 2.24) is 9.62 Å². The molecule has 1 saturated heterocycles. The van der Waals surface area contributed by atoms with E-state index in [2.05, 4.69) is 5.32 Å². The number of morpholine rings is 1. The summed E-state index contributed by atoms with van der Waals surface area (Å²) in [5.41, 5.74) is 1.39. The molecule has 8 heteroatoms. The second-order valence-electron chi connectivity index (χ2n) is 6.24. The van der Waals surface area contributed by atoms with Crippen molar-refractivity contribution in [3.8, 4) is 0 Å². The number of rotatable bonds is 6. The Bertz CT molecular complexity index is 894. The third-order valence-corrected chi connectivity index (χ3v) is 6.18. The van der Waals surface area contributed by atoms with Crippen LogP contribution in [0.25, 0.3) is 0 Å². The van der Waals surface area contributed by atoms with Crippen molar-refractivity contribution in [2.24, 2.45) is 0 Å². The molecular formula is C19H21FN2O4S. The van der Waals surface area contributed by atoms with Gasteiger partial charge < -0.3 is 10.1 Å². The van der Waals surface area contributed by atoms with Gasteiger partial charge in [0.25, 0.3) is 5.91 Å². The lowest BCUT2D eigenvalue weighted by atomic mass is 10.1. The van der Waals surface area contributed by atoms with Crippen LogP contribution < -0.4 is 5.32 Å². The average Bonchev–Trinajstić information content (AvgIpc) is 2.68. The van der Waals surface area contributed by atoms with Crippen LogP contribution in [0.4, 0.5) is 4.39 Å². The first-order chi connectivity index (χ1) is 13.0. The Balaban J connectivity index is 1.59. The summed E-state index contributed by atoms with van der Waals surface area (Å²) in [5, 5.41) is 2.66. The minimum atomic E-state index is -3.41. The van der Waals surface area contributed by atoms with Crippen LogP contribution in [0, 0.1) is 5.82 Å². The average molecular weight is 392 g/mol. The minimum absolute atomic E-state index is 0.0820. The van der Waals surface area contributed by atoms with Gasteiger partial charge >= 0.3 is 0 Å². The van der Waals surface area contributed by atoms with Crippen LogP contribution in [0.2, 0.25) is 0 Å². The molecule has 0 bridgehead atoms. The van der Waals surface area contributed by atoms with Crippen molar-refractivity contribution < 1.29 is 22.3 Å². The zero-order chi connectivity index (χ0) is 19.3. The first-order valence-electron chi connectivity index (χ1n) is 8.62. The Labute approximate surface area is 158 Å². The van der Waals surface area contributed by atoms with E-state index < -0.39 is 10.0 Å². The minimum Gasteiger partial charge on any atom is -0.379 e. The second kappa shape index (κ2) is 8.60. The molecule has 0 saturated carbocycles. The predicted molar refractivity (Wildman–Crippen MR) is 99.0 cm³/mol. The van der Waals surface area contributed by atoms with E-state index in [1.54, 1.807) is 42.5 Å². The largest absolute Gasteiger partial charge is 0.379 e. The first-order valence-corrected chi connectivity index (χ1v) is 10.2. The number of nitrogens with one attached hydrogen (secondary N) is 1. The van der Waals surface area contributed by atoms with Crippen LogP contribution in [0.15, 0.2) is 48.5 Å². The van der Waals surface area contributed by atoms with Gasteiger partial charge in [0.15, 0.2) is 0 Å². The van der Waals surface area contributed by atoms with Gasteiger partial charge in [-0.05, 0) is 23.8 Å². The first kappa shape index (κ1) is 19.5. The van der Waals surface area contributed by atoms with Gasteiger partial charge in [0.2, 0.25) is 10.0 Å². The van der Waals surface area contributed by atoms with E-state index in [9.17, 15) is 17.6 Å². The number of nitrogens with zero attached hydrogens (tertiary/aromatic N) is 1. The molecule has 0 atom stereocenters. The number of carbonyl (C=O) groups is 1. The maximum absolute atomic E-state index is 13.6. The molecule has 1 heterocycles. The number of benzene rings is 2. The van der Waals surface area contributed by atoms with Gasteiger partial charge in [0.1, 0.15) is 5.82 Å². The SMILES string of the molecule is O=C(NCc1ccccc1F)c1ccc(CS(=O)(=O)N2CCOCC2)cc1. The van der Waals surface area contributed by atoms with E-state index in [1.807, 2.05) is 0 Å². The Morgan fingerprint density at radius 3 is 2.41 bits per heavy atom. The molecule has 1 fully saturated rings. The van der Waals surface area contributed by atoms with Crippen molar-refractivity contribution in [3.63, 3.8) is 0 Å². The van der Waals surface area contributed by atoms with E-state index in [0.29, 0.717) is 43.0 Å². The zero-order valence-corrected chi connectivity index (χ0v) is 15.5. The Morgan fingerprint density at radius 2 is 1.74 bits per heavy atom. The monoisotopic (exact) mass is 392 g/mol. The van der Waals surface area contributed by atoms with Crippen LogP contribution >= 0.6 is 0 Å². The van der Waals surface area contributed by atoms with Crippen molar-refractivity contribution in [2.75, 3.05) is 26.3 Å². The van der Waals surface area contributed by atoms with Crippen LogP contribution in [0.3, 0.4) is 0 Å². The Morgan fingerprint density at radius 1 is 1.07 bits per heavy atom. The van der Waals surface area contributed by atoms with Gasteiger partial charge in [0.05, 0.1) is 19.0 Å². The number of hydrogen-bond donors (Lipinski definition) is 1. The van der Waals surface area contributed by atoms with Gasteiger partial charge in [-0.2, -0.15) is 4.31 Å². The molecule has 3 rings (SSSR count). The number of ether oxygens (including phenoxy) is 1. The highest BCUT2D eigenvalue weighted by Gasteiger charge is 2.24. The fraction of sp³-hybridized carbons (Fsp3) is 0.316. The number of halogens is 1. The van der Waals surface area contributed by atoms with Crippen molar-refractivity contribution in [3.05, 3.63) is 71.0 Å². The van der Waals surface area contributed by atoms with Gasteiger partial charge in [-0.15, -0.1) is 0 Å². The van der Waals surface area contributed by atoms with E-state index in [-0.39, 0.29) is 24.0 Å². The summed E-state index contributed by atoms with van der Waals surface area (Å²) in [6.45, 7) is 1.61. The number of carbonyl (C=O) groups excluding carboxylic acids is 1. The van der Waals surface area contributed by atoms with Crippen molar-refractivity contribution >= 4 is 15.9 Å². The molecule has 1 aliphatic heterocycles. The van der Waals surface area contributed by atoms with Crippen molar-refractivity contribution in [1.29, 1.82) is 0 Å². The lowest BCUT2D eigenvalue weighted by molar-refractivity contribution is 0.0729. The number of hydrogen-bond acceptors (Lipinski definition) is 4. The summed E-state index contributed by atoms with van der Waals surface area (Å²) >= 11 is 0. The summed E-state index contributed by atoms with van der Waals surface area (Å²) < 4.78 is 45.0. The fourth-order valence-electron chi connectivity index (χ4n) is 2.80. The second-order valence-corrected chi connectivity index (χ2v) is 8.21. The predicted octanol–water partition coefficient (Wildman–Crippen LogP) is 1.92. The van der Waals surface area contributed by atoms with E-state index in [0.717, 1.165) is 0 Å². The van der Waals surface area contributed by atoms with Crippen LogP contribution in [-0.2, 0) is 27.1 Å². The Kier molecular flexibility index (Phi) is 6.20. The highest BCUT2D eigenvalue weighted by Crippen LogP contribution is 2.14. The summed E-state index contributed by atoms with van der Waals surface area (Å²) in [4.78, 5) is 12.2. The topological polar surface area (TPSA) is 75.7 Å². The van der Waals surface area contributed by atoms with Gasteiger partial charge in [-0.3, -0.25) is 4.79 Å². The maximum atomic E-state index is 13.6. The smallest absolute Gasteiger partial charge is 0.251 e. The molecule has 1 amide bonds. The van der Waals surface area contributed by atoms with Crippen LogP contribution in [0.5, 0.6) is 0 Å². The Hall–Kier alpha value is -2.29. The third kappa shape index (κ3) is 5.12. The molecule has 0 unspecified atom stereocenters. The third-order valence-electron chi connectivity index (χ3n) is 4.33. The maximum Gasteiger partial charge on any atom is 0.251 e. The molecule has 1 N–H and O–H groups in total. The quantitative estimate of drug-likeness (QED) is 0.815. The molecular weight excluding hydrogens is 371 g/mol. The van der Waals surface area contributed by atoms with E-state index in [4.69, 9.17) is 4.74 Å². The van der Waals surface area contributed by atoms with E-state index in [1.165, 1.54) is 10.4 Å². The zero-order valence-electron chi connectivity index (χ0n) is 14.7. The molecule has 0 aromatic heterocycles. The molecule has 2 aromatic carbocycles. The van der Waals surface area contributed by atoms with Crippen molar-refractivity contribution in [2.45, 2.75) is 12.3 Å². The van der Waals surface area contributed by atoms with Gasteiger partial charge in [0, 0.05) is 30.8 Å². The standard InChI is InChI=1S/C19H21FN2O4S/c20-18-4-2-1-3-17(18)13-21-19(23)16-7-5-15(6-8-16)14-27(24,25)22-9-11-26-12-10-22/h1-8H,9-14H2,(H,21,23). The summed E-state index contributed by atoms with van der Waals surface area (Å²) in [6, 6.07) is 12.6. The molecule has 144 valence electrons. The number of sulfonamides is 1. The van der Waals surface area contributed by atoms with Crippen LogP contribution in [0.1, 0.15) is 21.5 Å². The van der Waals surface area contributed by atoms with Gasteiger partial charge in [-0.1, -0.05) is 30.3 Å². The molecule has 0 radical (unpaired) electrons.